The number of halogens is 1. The van der Waals surface area contributed by atoms with Crippen LogP contribution in [0.4, 0.5) is 0 Å². The molecule has 0 fully saturated rings. The number of allylic oxidation sites excluding steroid dienone is 1. The van der Waals surface area contributed by atoms with Crippen LogP contribution >= 0.6 is 11.6 Å². The number of carbonyl (C=O) groups excluding carboxylic acids is 2. The third-order valence-corrected chi connectivity index (χ3v) is 4.18. The van der Waals surface area contributed by atoms with Gasteiger partial charge < -0.3 is 9.64 Å². The normalized spacial score (nSPS) is 12.0. The summed E-state index contributed by atoms with van der Waals surface area (Å²) in [4.78, 5) is 26.1. The molecule has 2 aromatic carbocycles. The Kier molecular flexibility index (Phi) is 6.98. The van der Waals surface area contributed by atoms with Crippen molar-refractivity contribution in [3.8, 4) is 0 Å². The Hall–Kier alpha value is -2.59. The van der Waals surface area contributed by atoms with Gasteiger partial charge in [-0.3, -0.25) is 4.79 Å². The van der Waals surface area contributed by atoms with Crippen molar-refractivity contribution < 1.29 is 14.3 Å². The van der Waals surface area contributed by atoms with Gasteiger partial charge in [-0.15, -0.1) is 0 Å². The summed E-state index contributed by atoms with van der Waals surface area (Å²) in [6, 6.07) is 14.4. The van der Waals surface area contributed by atoms with Crippen molar-refractivity contribution in [1.29, 1.82) is 0 Å². The molecule has 0 aromatic heterocycles. The number of hydrogen-bond acceptors (Lipinski definition) is 4. The number of hydrogen-bond donors (Lipinski definition) is 0. The molecule has 1 unspecified atom stereocenters. The van der Waals surface area contributed by atoms with Crippen LogP contribution in [-0.4, -0.2) is 37.9 Å². The van der Waals surface area contributed by atoms with Gasteiger partial charge in [0.25, 0.3) is 0 Å². The van der Waals surface area contributed by atoms with Crippen LogP contribution in [0, 0.1) is 0 Å². The Morgan fingerprint density at radius 2 is 1.85 bits per heavy atom. The molecule has 0 bridgehead atoms. The molecule has 0 radical (unpaired) electrons. The van der Waals surface area contributed by atoms with Crippen LogP contribution in [-0.2, 0) is 16.0 Å². The molecule has 4 nitrogen and oxygen atoms in total. The molecule has 0 aliphatic heterocycles. The Balaban J connectivity index is 2.29. The quantitative estimate of drug-likeness (QED) is 0.543. The van der Waals surface area contributed by atoms with E-state index in [1.54, 1.807) is 30.5 Å². The highest BCUT2D eigenvalue weighted by Crippen LogP contribution is 2.25. The third-order valence-electron chi connectivity index (χ3n) is 3.95. The summed E-state index contributed by atoms with van der Waals surface area (Å²) in [6.07, 6.45) is 3.83. The van der Waals surface area contributed by atoms with Gasteiger partial charge in [0.1, 0.15) is 0 Å². The maximum atomic E-state index is 12.8. The number of benzene rings is 2. The van der Waals surface area contributed by atoms with E-state index in [1.165, 1.54) is 7.11 Å². The number of ketones is 1. The third kappa shape index (κ3) is 5.46. The predicted octanol–water partition coefficient (Wildman–Crippen LogP) is 4.10. The van der Waals surface area contributed by atoms with E-state index >= 15 is 0 Å². The summed E-state index contributed by atoms with van der Waals surface area (Å²) in [5.41, 5.74) is 2.30. The van der Waals surface area contributed by atoms with Gasteiger partial charge in [0, 0.05) is 25.3 Å². The van der Waals surface area contributed by atoms with Gasteiger partial charge in [-0.2, -0.15) is 0 Å². The first-order chi connectivity index (χ1) is 12.4. The van der Waals surface area contributed by atoms with Gasteiger partial charge in [-0.25, -0.2) is 4.79 Å². The minimum Gasteiger partial charge on any atom is -0.465 e. The van der Waals surface area contributed by atoms with Crippen molar-refractivity contribution in [2.75, 3.05) is 21.2 Å². The Labute approximate surface area is 159 Å². The highest BCUT2D eigenvalue weighted by molar-refractivity contribution is 6.30. The summed E-state index contributed by atoms with van der Waals surface area (Å²) in [6.45, 7) is 0. The molecule has 1 atom stereocenters. The van der Waals surface area contributed by atoms with Crippen molar-refractivity contribution in [2.24, 2.45) is 0 Å². The van der Waals surface area contributed by atoms with Crippen molar-refractivity contribution in [3.63, 3.8) is 0 Å². The number of esters is 1. The van der Waals surface area contributed by atoms with Crippen LogP contribution in [0.2, 0.25) is 5.02 Å². The maximum absolute atomic E-state index is 12.8. The number of methoxy groups -OCH3 is 1. The van der Waals surface area contributed by atoms with Crippen LogP contribution in [0.3, 0.4) is 0 Å². The molecule has 2 rings (SSSR count). The maximum Gasteiger partial charge on any atom is 0.337 e. The van der Waals surface area contributed by atoms with Crippen LogP contribution in [0.25, 0.3) is 0 Å². The first kappa shape index (κ1) is 19.7. The van der Waals surface area contributed by atoms with Crippen molar-refractivity contribution in [3.05, 3.63) is 82.5 Å². The molecule has 0 N–H and O–H groups in total. The molecular weight excluding hydrogens is 350 g/mol. The number of nitrogens with zero attached hydrogens (tertiary/aromatic N) is 1. The lowest BCUT2D eigenvalue weighted by Gasteiger charge is -2.16. The molecule has 5 heteroatoms. The summed E-state index contributed by atoms with van der Waals surface area (Å²) >= 11 is 6.11. The van der Waals surface area contributed by atoms with E-state index < -0.39 is 0 Å². The Morgan fingerprint density at radius 3 is 2.42 bits per heavy atom. The van der Waals surface area contributed by atoms with Crippen molar-refractivity contribution in [2.45, 2.75) is 12.3 Å². The lowest BCUT2D eigenvalue weighted by atomic mass is 9.88. The standard InChI is InChI=1S/C21H22ClNO3/c1-23(2)12-11-20(24)19(17-5-4-6-18(22)14-17)13-15-7-9-16(10-8-15)21(25)26-3/h4-12,14,19H,13H2,1-3H3/b12-11+. The summed E-state index contributed by atoms with van der Waals surface area (Å²) < 4.78 is 4.71. The lowest BCUT2D eigenvalue weighted by Crippen LogP contribution is -2.14. The first-order valence-corrected chi connectivity index (χ1v) is 8.59. The molecule has 0 aliphatic carbocycles. The van der Waals surface area contributed by atoms with Gasteiger partial charge in [-0.1, -0.05) is 35.9 Å². The number of ether oxygens (including phenoxy) is 1. The number of rotatable bonds is 7. The van der Waals surface area contributed by atoms with E-state index in [-0.39, 0.29) is 17.7 Å². The average Bonchev–Trinajstić information content (AvgIpc) is 2.64. The van der Waals surface area contributed by atoms with E-state index in [0.717, 1.165) is 11.1 Å². The summed E-state index contributed by atoms with van der Waals surface area (Å²) in [7, 11) is 5.08. The van der Waals surface area contributed by atoms with Crippen LogP contribution in [0.15, 0.2) is 60.8 Å². The summed E-state index contributed by atoms with van der Waals surface area (Å²) in [5, 5.41) is 0.595. The SMILES string of the molecule is COC(=O)c1ccc(CC(C(=O)/C=C/N(C)C)c2cccc(Cl)c2)cc1. The minimum atomic E-state index is -0.382. The average molecular weight is 372 g/mol. The second-order valence-corrected chi connectivity index (χ2v) is 6.62. The largest absolute Gasteiger partial charge is 0.465 e. The highest BCUT2D eigenvalue weighted by Gasteiger charge is 2.20. The van der Waals surface area contributed by atoms with Gasteiger partial charge in [0.05, 0.1) is 18.6 Å². The molecule has 0 heterocycles. The lowest BCUT2D eigenvalue weighted by molar-refractivity contribution is -0.116. The zero-order valence-electron chi connectivity index (χ0n) is 15.1. The molecular formula is C21H22ClNO3. The van der Waals surface area contributed by atoms with Gasteiger partial charge >= 0.3 is 5.97 Å². The summed E-state index contributed by atoms with van der Waals surface area (Å²) in [5.74, 6) is -0.736. The Morgan fingerprint density at radius 1 is 1.15 bits per heavy atom. The smallest absolute Gasteiger partial charge is 0.337 e. The van der Waals surface area contributed by atoms with E-state index in [1.807, 2.05) is 49.3 Å². The molecule has 136 valence electrons. The van der Waals surface area contributed by atoms with E-state index in [9.17, 15) is 9.59 Å². The van der Waals surface area contributed by atoms with Crippen LogP contribution < -0.4 is 0 Å². The molecule has 0 spiro atoms. The van der Waals surface area contributed by atoms with Crippen LogP contribution in [0.1, 0.15) is 27.4 Å². The number of carbonyl (C=O) groups is 2. The second kappa shape index (κ2) is 9.20. The zero-order valence-corrected chi connectivity index (χ0v) is 15.9. The molecule has 26 heavy (non-hydrogen) atoms. The zero-order chi connectivity index (χ0) is 19.1. The van der Waals surface area contributed by atoms with Crippen LogP contribution in [0.5, 0.6) is 0 Å². The monoisotopic (exact) mass is 371 g/mol. The predicted molar refractivity (Wildman–Crippen MR) is 104 cm³/mol. The van der Waals surface area contributed by atoms with Gasteiger partial charge in [0.15, 0.2) is 5.78 Å². The minimum absolute atomic E-state index is 0.00184. The molecule has 0 saturated carbocycles. The fourth-order valence-corrected chi connectivity index (χ4v) is 2.77. The van der Waals surface area contributed by atoms with Gasteiger partial charge in [0.2, 0.25) is 0 Å². The van der Waals surface area contributed by atoms with E-state index in [2.05, 4.69) is 0 Å². The van der Waals surface area contributed by atoms with Crippen molar-refractivity contribution in [1.82, 2.24) is 4.90 Å². The molecule has 0 saturated heterocycles. The van der Waals surface area contributed by atoms with Gasteiger partial charge in [-0.05, 0) is 47.9 Å². The molecule has 0 amide bonds. The topological polar surface area (TPSA) is 46.6 Å². The molecule has 0 aliphatic rings. The highest BCUT2D eigenvalue weighted by atomic mass is 35.5. The molecule has 2 aromatic rings. The van der Waals surface area contributed by atoms with E-state index in [0.29, 0.717) is 17.0 Å². The van der Waals surface area contributed by atoms with E-state index in [4.69, 9.17) is 16.3 Å². The first-order valence-electron chi connectivity index (χ1n) is 8.22. The fraction of sp³-hybridized carbons (Fsp3) is 0.238. The fourth-order valence-electron chi connectivity index (χ4n) is 2.58. The Bertz CT molecular complexity index is 797. The van der Waals surface area contributed by atoms with Crippen molar-refractivity contribution >= 4 is 23.4 Å². The second-order valence-electron chi connectivity index (χ2n) is 6.18.